The van der Waals surface area contributed by atoms with Gasteiger partial charge in [0.1, 0.15) is 4.21 Å². The molecule has 0 aliphatic heterocycles. The van der Waals surface area contributed by atoms with Crippen molar-refractivity contribution in [1.82, 2.24) is 0 Å². The molecule has 3 rings (SSSR count). The fourth-order valence-electron chi connectivity index (χ4n) is 2.32. The summed E-state index contributed by atoms with van der Waals surface area (Å²) >= 11 is 1.20. The van der Waals surface area contributed by atoms with Gasteiger partial charge in [-0.3, -0.25) is 4.72 Å². The quantitative estimate of drug-likeness (QED) is 0.637. The predicted octanol–water partition coefficient (Wildman–Crippen LogP) is 4.39. The molecule has 0 aliphatic carbocycles. The van der Waals surface area contributed by atoms with E-state index in [0.717, 1.165) is 10.4 Å². The molecular formula is C19H17NO4S2. The Balaban J connectivity index is 1.77. The summed E-state index contributed by atoms with van der Waals surface area (Å²) in [5.41, 5.74) is 1.72. The Bertz CT molecular complexity index is 994. The summed E-state index contributed by atoms with van der Waals surface area (Å²) < 4.78 is 32.8. The smallest absolute Gasteiger partial charge is 0.338 e. The highest BCUT2D eigenvalue weighted by Crippen LogP contribution is 2.31. The first-order valence-corrected chi connectivity index (χ1v) is 10.2. The highest BCUT2D eigenvalue weighted by molar-refractivity contribution is 7.94. The van der Waals surface area contributed by atoms with Crippen molar-refractivity contribution in [2.75, 3.05) is 11.3 Å². The van der Waals surface area contributed by atoms with Gasteiger partial charge in [0, 0.05) is 10.6 Å². The van der Waals surface area contributed by atoms with Gasteiger partial charge in [0.05, 0.1) is 12.2 Å². The first-order valence-electron chi connectivity index (χ1n) is 7.95. The molecule has 134 valence electrons. The Morgan fingerprint density at radius 1 is 1.00 bits per heavy atom. The largest absolute Gasteiger partial charge is 0.462 e. The summed E-state index contributed by atoms with van der Waals surface area (Å²) in [5, 5.41) is 0. The van der Waals surface area contributed by atoms with E-state index in [1.807, 2.05) is 30.3 Å². The number of carbonyl (C=O) groups excluding carboxylic acids is 1. The third-order valence-electron chi connectivity index (χ3n) is 3.55. The van der Waals surface area contributed by atoms with Gasteiger partial charge in [0.2, 0.25) is 0 Å². The lowest BCUT2D eigenvalue weighted by atomic mass is 10.2. The van der Waals surface area contributed by atoms with Crippen molar-refractivity contribution < 1.29 is 17.9 Å². The van der Waals surface area contributed by atoms with Crippen LogP contribution in [0.4, 0.5) is 5.69 Å². The van der Waals surface area contributed by atoms with E-state index in [1.54, 1.807) is 19.1 Å². The van der Waals surface area contributed by atoms with E-state index >= 15 is 0 Å². The van der Waals surface area contributed by atoms with E-state index in [-0.39, 0.29) is 10.8 Å². The molecule has 0 bridgehead atoms. The number of rotatable bonds is 6. The Morgan fingerprint density at radius 2 is 1.69 bits per heavy atom. The summed E-state index contributed by atoms with van der Waals surface area (Å²) in [6.07, 6.45) is 0. The van der Waals surface area contributed by atoms with Gasteiger partial charge >= 0.3 is 5.97 Å². The molecule has 7 heteroatoms. The first kappa shape index (κ1) is 18.2. The average Bonchev–Trinajstić information content (AvgIpc) is 3.14. The van der Waals surface area contributed by atoms with Crippen LogP contribution in [0.15, 0.2) is 70.9 Å². The van der Waals surface area contributed by atoms with Gasteiger partial charge in [-0.1, -0.05) is 30.3 Å². The van der Waals surface area contributed by atoms with E-state index in [1.165, 1.54) is 35.6 Å². The maximum absolute atomic E-state index is 12.6. The SMILES string of the molecule is CCOC(=O)c1ccc(NS(=O)(=O)c2ccc(-c3ccccc3)s2)cc1. The molecule has 0 amide bonds. The molecule has 0 aliphatic rings. The van der Waals surface area contributed by atoms with E-state index in [4.69, 9.17) is 4.74 Å². The summed E-state index contributed by atoms with van der Waals surface area (Å²) in [5.74, 6) is -0.437. The Hall–Kier alpha value is -2.64. The van der Waals surface area contributed by atoms with Crippen molar-refractivity contribution in [2.45, 2.75) is 11.1 Å². The molecular weight excluding hydrogens is 370 g/mol. The van der Waals surface area contributed by atoms with Crippen molar-refractivity contribution >= 4 is 33.0 Å². The maximum atomic E-state index is 12.6. The third kappa shape index (κ3) is 4.12. The summed E-state index contributed by atoms with van der Waals surface area (Å²) in [6, 6.07) is 19.1. The molecule has 5 nitrogen and oxygen atoms in total. The number of hydrogen-bond acceptors (Lipinski definition) is 5. The summed E-state index contributed by atoms with van der Waals surface area (Å²) in [4.78, 5) is 12.5. The van der Waals surface area contributed by atoms with Crippen LogP contribution in [0, 0.1) is 0 Å². The Labute approximate surface area is 156 Å². The zero-order chi connectivity index (χ0) is 18.6. The number of ether oxygens (including phenoxy) is 1. The van der Waals surface area contributed by atoms with Crippen LogP contribution >= 0.6 is 11.3 Å². The van der Waals surface area contributed by atoms with Crippen molar-refractivity contribution in [2.24, 2.45) is 0 Å². The van der Waals surface area contributed by atoms with Crippen molar-refractivity contribution in [3.05, 3.63) is 72.3 Å². The fourth-order valence-corrected chi connectivity index (χ4v) is 4.69. The van der Waals surface area contributed by atoms with Crippen LogP contribution in [-0.2, 0) is 14.8 Å². The lowest BCUT2D eigenvalue weighted by Crippen LogP contribution is -2.11. The number of benzene rings is 2. The number of esters is 1. The van der Waals surface area contributed by atoms with Crippen LogP contribution in [-0.4, -0.2) is 21.0 Å². The average molecular weight is 387 g/mol. The summed E-state index contributed by atoms with van der Waals surface area (Å²) in [6.45, 7) is 2.01. The van der Waals surface area contributed by atoms with E-state index in [2.05, 4.69) is 4.72 Å². The monoisotopic (exact) mass is 387 g/mol. The highest BCUT2D eigenvalue weighted by Gasteiger charge is 2.18. The molecule has 0 radical (unpaired) electrons. The normalized spacial score (nSPS) is 11.1. The molecule has 0 spiro atoms. The third-order valence-corrected chi connectivity index (χ3v) is 6.56. The number of thiophene rings is 1. The maximum Gasteiger partial charge on any atom is 0.338 e. The van der Waals surface area contributed by atoms with Gasteiger partial charge in [-0.05, 0) is 48.9 Å². The number of sulfonamides is 1. The van der Waals surface area contributed by atoms with Crippen LogP contribution in [0.2, 0.25) is 0 Å². The molecule has 0 unspecified atom stereocenters. The number of hydrogen-bond donors (Lipinski definition) is 1. The zero-order valence-electron chi connectivity index (χ0n) is 14.0. The van der Waals surface area contributed by atoms with E-state index < -0.39 is 16.0 Å². The topological polar surface area (TPSA) is 72.5 Å². The van der Waals surface area contributed by atoms with Crippen LogP contribution in [0.5, 0.6) is 0 Å². The molecule has 0 fully saturated rings. The minimum atomic E-state index is -3.69. The molecule has 26 heavy (non-hydrogen) atoms. The van der Waals surface area contributed by atoms with Gasteiger partial charge in [0.25, 0.3) is 10.0 Å². The Morgan fingerprint density at radius 3 is 2.35 bits per heavy atom. The molecule has 1 aromatic heterocycles. The minimum absolute atomic E-state index is 0.228. The van der Waals surface area contributed by atoms with Gasteiger partial charge in [0.15, 0.2) is 0 Å². The minimum Gasteiger partial charge on any atom is -0.462 e. The van der Waals surface area contributed by atoms with E-state index in [9.17, 15) is 13.2 Å². The van der Waals surface area contributed by atoms with Crippen LogP contribution in [0.25, 0.3) is 10.4 Å². The van der Waals surface area contributed by atoms with Crippen molar-refractivity contribution in [1.29, 1.82) is 0 Å². The van der Waals surface area contributed by atoms with Crippen LogP contribution in [0.3, 0.4) is 0 Å². The van der Waals surface area contributed by atoms with Crippen LogP contribution < -0.4 is 4.72 Å². The highest BCUT2D eigenvalue weighted by atomic mass is 32.2. The second kappa shape index (κ2) is 7.72. The van der Waals surface area contributed by atoms with Crippen LogP contribution in [0.1, 0.15) is 17.3 Å². The number of nitrogens with one attached hydrogen (secondary N) is 1. The lowest BCUT2D eigenvalue weighted by molar-refractivity contribution is 0.0526. The molecule has 3 aromatic rings. The summed E-state index contributed by atoms with van der Waals surface area (Å²) in [7, 11) is -3.69. The van der Waals surface area contributed by atoms with Gasteiger partial charge in [-0.25, -0.2) is 13.2 Å². The standard InChI is InChI=1S/C19H17NO4S2/c1-2-24-19(21)15-8-10-16(11-9-15)20-26(22,23)18-13-12-17(25-18)14-6-4-3-5-7-14/h3-13,20H,2H2,1H3. The van der Waals surface area contributed by atoms with Crippen molar-refractivity contribution in [3.8, 4) is 10.4 Å². The lowest BCUT2D eigenvalue weighted by Gasteiger charge is -2.07. The molecule has 1 heterocycles. The molecule has 2 aromatic carbocycles. The number of anilines is 1. The van der Waals surface area contributed by atoms with Gasteiger partial charge in [-0.2, -0.15) is 0 Å². The molecule has 0 saturated carbocycles. The Kier molecular flexibility index (Phi) is 5.39. The second-order valence-electron chi connectivity index (χ2n) is 5.39. The molecule has 0 saturated heterocycles. The fraction of sp³-hybridized carbons (Fsp3) is 0.105. The number of carbonyl (C=O) groups is 1. The predicted molar refractivity (Wildman–Crippen MR) is 103 cm³/mol. The zero-order valence-corrected chi connectivity index (χ0v) is 15.6. The van der Waals surface area contributed by atoms with Crippen molar-refractivity contribution in [3.63, 3.8) is 0 Å². The van der Waals surface area contributed by atoms with Gasteiger partial charge in [-0.15, -0.1) is 11.3 Å². The molecule has 0 atom stereocenters. The first-order chi connectivity index (χ1) is 12.5. The second-order valence-corrected chi connectivity index (χ2v) is 8.38. The molecule has 1 N–H and O–H groups in total. The van der Waals surface area contributed by atoms with E-state index in [0.29, 0.717) is 11.3 Å². The van der Waals surface area contributed by atoms with Gasteiger partial charge < -0.3 is 4.74 Å².